The first-order valence-electron chi connectivity index (χ1n) is 7.54. The van der Waals surface area contributed by atoms with E-state index in [4.69, 9.17) is 13.9 Å². The fourth-order valence-electron chi connectivity index (χ4n) is 2.23. The van der Waals surface area contributed by atoms with Gasteiger partial charge in [-0.15, -0.1) is 5.10 Å². The van der Waals surface area contributed by atoms with Crippen LogP contribution in [0.1, 0.15) is 15.9 Å². The Hall–Kier alpha value is -3.35. The van der Waals surface area contributed by atoms with Gasteiger partial charge in [-0.1, -0.05) is 22.8 Å². The Bertz CT molecular complexity index is 888. The molecule has 0 aliphatic carbocycles. The summed E-state index contributed by atoms with van der Waals surface area (Å²) in [6.07, 6.45) is 0. The van der Waals surface area contributed by atoms with E-state index in [1.54, 1.807) is 37.4 Å². The number of carbonyl (C=O) groups excluding carboxylic acids is 1. The van der Waals surface area contributed by atoms with E-state index in [1.165, 1.54) is 7.11 Å². The van der Waals surface area contributed by atoms with E-state index in [0.29, 0.717) is 22.6 Å². The maximum atomic E-state index is 12.2. The average Bonchev–Trinajstić information content (AvgIpc) is 3.09. The minimum Gasteiger partial charge on any atom is -0.497 e. The van der Waals surface area contributed by atoms with Gasteiger partial charge in [0.15, 0.2) is 0 Å². The lowest BCUT2D eigenvalue weighted by atomic mass is 10.1. The molecule has 2 aromatic carbocycles. The van der Waals surface area contributed by atoms with Gasteiger partial charge in [-0.3, -0.25) is 10.1 Å². The standard InChI is InChI=1S/C18H17N3O4/c1-11-4-6-12(7-5-11)16(22)19-18-21-20-17(25-18)14-9-8-13(23-2)10-15(14)24-3/h4-10H,1-3H3,(H,19,21,22). The number of aryl methyl sites for hydroxylation is 1. The van der Waals surface area contributed by atoms with Crippen LogP contribution in [0.2, 0.25) is 0 Å². The maximum absolute atomic E-state index is 12.2. The van der Waals surface area contributed by atoms with Gasteiger partial charge in [-0.2, -0.15) is 0 Å². The number of hydrogen-bond acceptors (Lipinski definition) is 6. The molecule has 1 N–H and O–H groups in total. The van der Waals surface area contributed by atoms with Crippen molar-refractivity contribution in [3.8, 4) is 23.0 Å². The average molecular weight is 339 g/mol. The molecule has 0 aliphatic rings. The molecule has 3 rings (SSSR count). The number of anilines is 1. The summed E-state index contributed by atoms with van der Waals surface area (Å²) in [5, 5.41) is 10.4. The SMILES string of the molecule is COc1ccc(-c2nnc(NC(=O)c3ccc(C)cc3)o2)c(OC)c1. The van der Waals surface area contributed by atoms with Crippen LogP contribution in [-0.4, -0.2) is 30.3 Å². The Balaban J connectivity index is 1.81. The van der Waals surface area contributed by atoms with Crippen molar-refractivity contribution in [3.05, 3.63) is 53.6 Å². The Morgan fingerprint density at radius 2 is 1.80 bits per heavy atom. The Labute approximate surface area is 144 Å². The van der Waals surface area contributed by atoms with Crippen molar-refractivity contribution in [2.45, 2.75) is 6.92 Å². The zero-order valence-corrected chi connectivity index (χ0v) is 14.1. The lowest BCUT2D eigenvalue weighted by molar-refractivity contribution is 0.102. The number of nitrogens with zero attached hydrogens (tertiary/aromatic N) is 2. The van der Waals surface area contributed by atoms with Gasteiger partial charge in [0.05, 0.1) is 19.8 Å². The fourth-order valence-corrected chi connectivity index (χ4v) is 2.23. The second-order valence-corrected chi connectivity index (χ2v) is 5.30. The molecule has 0 fully saturated rings. The number of ether oxygens (including phenoxy) is 2. The molecule has 3 aromatic rings. The van der Waals surface area contributed by atoms with Crippen molar-refractivity contribution < 1.29 is 18.7 Å². The van der Waals surface area contributed by atoms with Gasteiger partial charge < -0.3 is 13.9 Å². The van der Waals surface area contributed by atoms with Crippen molar-refractivity contribution in [3.63, 3.8) is 0 Å². The van der Waals surface area contributed by atoms with Crippen molar-refractivity contribution in [1.82, 2.24) is 10.2 Å². The molecule has 0 spiro atoms. The van der Waals surface area contributed by atoms with Crippen molar-refractivity contribution in [2.75, 3.05) is 19.5 Å². The van der Waals surface area contributed by atoms with E-state index in [0.717, 1.165) is 5.56 Å². The molecule has 0 saturated heterocycles. The summed E-state index contributed by atoms with van der Waals surface area (Å²) in [5.74, 6) is 1.09. The summed E-state index contributed by atoms with van der Waals surface area (Å²) in [7, 11) is 3.11. The number of methoxy groups -OCH3 is 2. The second kappa shape index (κ2) is 7.04. The number of benzene rings is 2. The molecular weight excluding hydrogens is 322 g/mol. The van der Waals surface area contributed by atoms with E-state index in [1.807, 2.05) is 19.1 Å². The normalized spacial score (nSPS) is 10.4. The highest BCUT2D eigenvalue weighted by Crippen LogP contribution is 2.33. The number of hydrogen-bond donors (Lipinski definition) is 1. The third-order valence-electron chi connectivity index (χ3n) is 3.60. The summed E-state index contributed by atoms with van der Waals surface area (Å²) in [6.45, 7) is 1.95. The van der Waals surface area contributed by atoms with E-state index in [2.05, 4.69) is 15.5 Å². The Morgan fingerprint density at radius 3 is 2.48 bits per heavy atom. The highest BCUT2D eigenvalue weighted by atomic mass is 16.5. The number of carbonyl (C=O) groups is 1. The predicted molar refractivity (Wildman–Crippen MR) is 92.0 cm³/mol. The lowest BCUT2D eigenvalue weighted by Crippen LogP contribution is -2.11. The van der Waals surface area contributed by atoms with Crippen molar-refractivity contribution in [1.29, 1.82) is 0 Å². The highest BCUT2D eigenvalue weighted by molar-refractivity contribution is 6.03. The van der Waals surface area contributed by atoms with Gasteiger partial charge in [0.1, 0.15) is 11.5 Å². The molecule has 1 amide bonds. The summed E-state index contributed by atoms with van der Waals surface area (Å²) in [4.78, 5) is 12.2. The molecule has 25 heavy (non-hydrogen) atoms. The third-order valence-corrected chi connectivity index (χ3v) is 3.60. The number of nitrogens with one attached hydrogen (secondary N) is 1. The molecule has 0 bridgehead atoms. The first kappa shape index (κ1) is 16.5. The summed E-state index contributed by atoms with van der Waals surface area (Å²) in [5.41, 5.74) is 2.18. The molecule has 7 heteroatoms. The van der Waals surface area contributed by atoms with Crippen LogP contribution in [-0.2, 0) is 0 Å². The molecule has 0 saturated carbocycles. The van der Waals surface area contributed by atoms with Gasteiger partial charge in [0.2, 0.25) is 0 Å². The van der Waals surface area contributed by atoms with E-state index in [-0.39, 0.29) is 17.8 Å². The van der Waals surface area contributed by atoms with E-state index >= 15 is 0 Å². The summed E-state index contributed by atoms with van der Waals surface area (Å²) < 4.78 is 16.0. The fraction of sp³-hybridized carbons (Fsp3) is 0.167. The van der Waals surface area contributed by atoms with Crippen LogP contribution in [0.25, 0.3) is 11.5 Å². The molecule has 1 aromatic heterocycles. The van der Waals surface area contributed by atoms with Crippen LogP contribution in [0.15, 0.2) is 46.9 Å². The monoisotopic (exact) mass is 339 g/mol. The van der Waals surface area contributed by atoms with Gasteiger partial charge >= 0.3 is 6.01 Å². The van der Waals surface area contributed by atoms with Crippen molar-refractivity contribution >= 4 is 11.9 Å². The van der Waals surface area contributed by atoms with Crippen LogP contribution in [0.4, 0.5) is 6.01 Å². The van der Waals surface area contributed by atoms with Gasteiger partial charge in [0.25, 0.3) is 11.8 Å². The van der Waals surface area contributed by atoms with Crippen LogP contribution >= 0.6 is 0 Å². The maximum Gasteiger partial charge on any atom is 0.322 e. The van der Waals surface area contributed by atoms with E-state index in [9.17, 15) is 4.79 Å². The molecule has 0 atom stereocenters. The minimum absolute atomic E-state index is 0.0125. The molecule has 0 aliphatic heterocycles. The first-order valence-corrected chi connectivity index (χ1v) is 7.54. The number of amides is 1. The third kappa shape index (κ3) is 3.60. The predicted octanol–water partition coefficient (Wildman–Crippen LogP) is 3.31. The quantitative estimate of drug-likeness (QED) is 0.767. The topological polar surface area (TPSA) is 86.5 Å². The lowest BCUT2D eigenvalue weighted by Gasteiger charge is -2.07. The first-order chi connectivity index (χ1) is 12.1. The molecule has 128 valence electrons. The number of rotatable bonds is 5. The van der Waals surface area contributed by atoms with E-state index < -0.39 is 0 Å². The molecule has 7 nitrogen and oxygen atoms in total. The van der Waals surface area contributed by atoms with Gasteiger partial charge in [0, 0.05) is 11.6 Å². The smallest absolute Gasteiger partial charge is 0.322 e. The van der Waals surface area contributed by atoms with Crippen molar-refractivity contribution in [2.24, 2.45) is 0 Å². The molecule has 0 radical (unpaired) electrons. The molecule has 0 unspecified atom stereocenters. The summed E-state index contributed by atoms with van der Waals surface area (Å²) in [6, 6.07) is 12.4. The van der Waals surface area contributed by atoms with Crippen LogP contribution in [0.5, 0.6) is 11.5 Å². The minimum atomic E-state index is -0.322. The number of aromatic nitrogens is 2. The Morgan fingerprint density at radius 1 is 1.04 bits per heavy atom. The molecular formula is C18H17N3O4. The van der Waals surface area contributed by atoms with Crippen LogP contribution < -0.4 is 14.8 Å². The van der Waals surface area contributed by atoms with Gasteiger partial charge in [-0.25, -0.2) is 0 Å². The zero-order chi connectivity index (χ0) is 17.8. The second-order valence-electron chi connectivity index (χ2n) is 5.30. The highest BCUT2D eigenvalue weighted by Gasteiger charge is 2.16. The van der Waals surface area contributed by atoms with Crippen LogP contribution in [0, 0.1) is 6.92 Å². The largest absolute Gasteiger partial charge is 0.497 e. The summed E-state index contributed by atoms with van der Waals surface area (Å²) >= 11 is 0. The molecule has 1 heterocycles. The van der Waals surface area contributed by atoms with Crippen LogP contribution in [0.3, 0.4) is 0 Å². The Kier molecular flexibility index (Phi) is 4.65. The van der Waals surface area contributed by atoms with Gasteiger partial charge in [-0.05, 0) is 31.2 Å². The zero-order valence-electron chi connectivity index (χ0n) is 14.1.